The molecule has 2 rings (SSSR count). The number of nitrogens with zero attached hydrogens (tertiary/aromatic N) is 1. The number of likely N-dealkylation sites (N-methyl/N-ethyl adjacent to an activating group) is 1. The molecule has 0 aliphatic carbocycles. The summed E-state index contributed by atoms with van der Waals surface area (Å²) in [6.45, 7) is 2.94. The fraction of sp³-hybridized carbons (Fsp3) is 0.263. The molecule has 1 amide bonds. The van der Waals surface area contributed by atoms with E-state index in [1.807, 2.05) is 18.9 Å². The Morgan fingerprint density at radius 1 is 1.08 bits per heavy atom. The summed E-state index contributed by atoms with van der Waals surface area (Å²) >= 11 is 0. The van der Waals surface area contributed by atoms with E-state index in [9.17, 15) is 9.59 Å². The number of nitrogens with one attached hydrogen (secondary N) is 1. The molecule has 0 aliphatic rings. The number of carbonyl (C=O) groups is 2. The van der Waals surface area contributed by atoms with E-state index in [-0.39, 0.29) is 12.5 Å². The zero-order valence-corrected chi connectivity index (χ0v) is 14.2. The van der Waals surface area contributed by atoms with Crippen LogP contribution in [0.25, 0.3) is 0 Å². The van der Waals surface area contributed by atoms with Gasteiger partial charge >= 0.3 is 5.97 Å². The molecule has 0 atom stereocenters. The van der Waals surface area contributed by atoms with Gasteiger partial charge in [0.1, 0.15) is 0 Å². The number of esters is 1. The van der Waals surface area contributed by atoms with Gasteiger partial charge in [-0.05, 0) is 31.7 Å². The van der Waals surface area contributed by atoms with Crippen LogP contribution in [-0.4, -0.2) is 37.5 Å². The minimum absolute atomic E-state index is 0.180. The first-order valence-corrected chi connectivity index (χ1v) is 7.71. The first-order chi connectivity index (χ1) is 11.5. The van der Waals surface area contributed by atoms with Gasteiger partial charge in [0.15, 0.2) is 0 Å². The Balaban J connectivity index is 1.95. The minimum atomic E-state index is -0.473. The lowest BCUT2D eigenvalue weighted by molar-refractivity contribution is -0.117. The molecule has 0 saturated carbocycles. The Labute approximate surface area is 142 Å². The molecule has 0 aromatic heterocycles. The number of benzene rings is 2. The predicted molar refractivity (Wildman–Crippen MR) is 93.9 cm³/mol. The van der Waals surface area contributed by atoms with E-state index in [0.29, 0.717) is 17.8 Å². The minimum Gasteiger partial charge on any atom is -0.465 e. The van der Waals surface area contributed by atoms with Gasteiger partial charge in [0.25, 0.3) is 0 Å². The van der Waals surface area contributed by atoms with Crippen molar-refractivity contribution in [3.05, 3.63) is 65.2 Å². The van der Waals surface area contributed by atoms with E-state index >= 15 is 0 Å². The van der Waals surface area contributed by atoms with Crippen molar-refractivity contribution in [3.63, 3.8) is 0 Å². The summed E-state index contributed by atoms with van der Waals surface area (Å²) in [6.07, 6.45) is 0. The van der Waals surface area contributed by atoms with Crippen molar-refractivity contribution in [1.29, 1.82) is 0 Å². The number of amides is 1. The number of hydrogen-bond acceptors (Lipinski definition) is 4. The number of anilines is 1. The molecule has 5 heteroatoms. The smallest absolute Gasteiger partial charge is 0.339 e. The molecule has 1 N–H and O–H groups in total. The summed E-state index contributed by atoms with van der Waals surface area (Å²) in [5.41, 5.74) is 3.15. The molecule has 0 heterocycles. The molecular formula is C19H22N2O3. The van der Waals surface area contributed by atoms with Crippen molar-refractivity contribution < 1.29 is 14.3 Å². The van der Waals surface area contributed by atoms with Crippen LogP contribution >= 0.6 is 0 Å². The average molecular weight is 326 g/mol. The van der Waals surface area contributed by atoms with Crippen LogP contribution in [0.3, 0.4) is 0 Å². The third kappa shape index (κ3) is 4.93. The van der Waals surface area contributed by atoms with Crippen molar-refractivity contribution in [2.45, 2.75) is 13.5 Å². The van der Waals surface area contributed by atoms with E-state index in [4.69, 9.17) is 4.74 Å². The van der Waals surface area contributed by atoms with Gasteiger partial charge < -0.3 is 10.1 Å². The summed E-state index contributed by atoms with van der Waals surface area (Å²) in [7, 11) is 3.20. The number of hydrogen-bond donors (Lipinski definition) is 1. The first kappa shape index (κ1) is 17.7. The van der Waals surface area contributed by atoms with E-state index < -0.39 is 5.97 Å². The number of aryl methyl sites for hydroxylation is 1. The van der Waals surface area contributed by atoms with Crippen LogP contribution < -0.4 is 5.32 Å². The van der Waals surface area contributed by atoms with Crippen molar-refractivity contribution in [3.8, 4) is 0 Å². The number of rotatable bonds is 6. The molecule has 24 heavy (non-hydrogen) atoms. The maximum atomic E-state index is 12.2. The van der Waals surface area contributed by atoms with E-state index in [1.165, 1.54) is 12.7 Å². The summed E-state index contributed by atoms with van der Waals surface area (Å²) in [5.74, 6) is -0.653. The monoisotopic (exact) mass is 326 g/mol. The van der Waals surface area contributed by atoms with Crippen LogP contribution in [0.15, 0.2) is 48.5 Å². The van der Waals surface area contributed by atoms with Crippen LogP contribution in [0.1, 0.15) is 21.5 Å². The Hall–Kier alpha value is -2.66. The second kappa shape index (κ2) is 8.26. The highest BCUT2D eigenvalue weighted by Gasteiger charge is 2.14. The molecule has 0 unspecified atom stereocenters. The van der Waals surface area contributed by atoms with E-state index in [1.54, 1.807) is 24.3 Å². The Morgan fingerprint density at radius 2 is 1.75 bits per heavy atom. The summed E-state index contributed by atoms with van der Waals surface area (Å²) in [4.78, 5) is 25.9. The molecule has 0 aliphatic heterocycles. The van der Waals surface area contributed by atoms with Crippen LogP contribution in [0.5, 0.6) is 0 Å². The summed E-state index contributed by atoms with van der Waals surface area (Å²) in [6, 6.07) is 15.0. The van der Waals surface area contributed by atoms with Gasteiger partial charge in [-0.25, -0.2) is 4.79 Å². The van der Waals surface area contributed by atoms with Gasteiger partial charge in [-0.3, -0.25) is 9.69 Å². The van der Waals surface area contributed by atoms with Crippen LogP contribution in [-0.2, 0) is 16.1 Å². The molecule has 0 saturated heterocycles. The van der Waals surface area contributed by atoms with Gasteiger partial charge in [0, 0.05) is 6.54 Å². The number of ether oxygens (including phenoxy) is 1. The Morgan fingerprint density at radius 3 is 2.42 bits per heavy atom. The maximum absolute atomic E-state index is 12.2. The number of methoxy groups -OCH3 is 1. The Bertz CT molecular complexity index is 711. The van der Waals surface area contributed by atoms with Crippen molar-refractivity contribution in [2.24, 2.45) is 0 Å². The van der Waals surface area contributed by atoms with Crippen molar-refractivity contribution in [2.75, 3.05) is 26.0 Å². The molecule has 2 aromatic carbocycles. The zero-order valence-electron chi connectivity index (χ0n) is 14.2. The quantitative estimate of drug-likeness (QED) is 0.829. The Kier molecular flexibility index (Phi) is 6.09. The van der Waals surface area contributed by atoms with Crippen LogP contribution in [0.4, 0.5) is 5.69 Å². The SMILES string of the molecule is COC(=O)c1ccccc1NC(=O)CN(C)Cc1ccc(C)cc1. The third-order valence-electron chi connectivity index (χ3n) is 3.59. The lowest BCUT2D eigenvalue weighted by Crippen LogP contribution is -2.30. The summed E-state index contributed by atoms with van der Waals surface area (Å²) in [5, 5.41) is 2.77. The summed E-state index contributed by atoms with van der Waals surface area (Å²) < 4.78 is 4.73. The highest BCUT2D eigenvalue weighted by Crippen LogP contribution is 2.16. The standard InChI is InChI=1S/C19H22N2O3/c1-14-8-10-15(11-9-14)12-21(2)13-18(22)20-17-7-5-4-6-16(17)19(23)24-3/h4-11H,12-13H2,1-3H3,(H,20,22). The largest absolute Gasteiger partial charge is 0.465 e. The highest BCUT2D eigenvalue weighted by molar-refractivity contribution is 6.01. The van der Waals surface area contributed by atoms with Crippen molar-refractivity contribution in [1.82, 2.24) is 4.90 Å². The predicted octanol–water partition coefficient (Wildman–Crippen LogP) is 2.85. The van der Waals surface area contributed by atoms with Crippen LogP contribution in [0, 0.1) is 6.92 Å². The number of carbonyl (C=O) groups excluding carboxylic acids is 2. The van der Waals surface area contributed by atoms with Gasteiger partial charge in [-0.1, -0.05) is 42.0 Å². The fourth-order valence-corrected chi connectivity index (χ4v) is 2.38. The van der Waals surface area contributed by atoms with Gasteiger partial charge in [-0.2, -0.15) is 0 Å². The number of para-hydroxylation sites is 1. The molecule has 0 spiro atoms. The molecular weight excluding hydrogens is 304 g/mol. The first-order valence-electron chi connectivity index (χ1n) is 7.71. The maximum Gasteiger partial charge on any atom is 0.339 e. The van der Waals surface area contributed by atoms with Gasteiger partial charge in [-0.15, -0.1) is 0 Å². The lowest BCUT2D eigenvalue weighted by atomic mass is 10.1. The molecule has 0 bridgehead atoms. The fourth-order valence-electron chi connectivity index (χ4n) is 2.38. The van der Waals surface area contributed by atoms with Gasteiger partial charge in [0.05, 0.1) is 24.9 Å². The second-order valence-corrected chi connectivity index (χ2v) is 5.74. The van der Waals surface area contributed by atoms with Crippen LogP contribution in [0.2, 0.25) is 0 Å². The molecule has 126 valence electrons. The normalized spacial score (nSPS) is 10.5. The lowest BCUT2D eigenvalue weighted by Gasteiger charge is -2.17. The van der Waals surface area contributed by atoms with E-state index in [2.05, 4.69) is 29.6 Å². The molecule has 0 radical (unpaired) electrons. The molecule has 5 nitrogen and oxygen atoms in total. The van der Waals surface area contributed by atoms with E-state index in [0.717, 1.165) is 5.56 Å². The van der Waals surface area contributed by atoms with Crippen molar-refractivity contribution >= 4 is 17.6 Å². The van der Waals surface area contributed by atoms with Gasteiger partial charge in [0.2, 0.25) is 5.91 Å². The molecule has 0 fully saturated rings. The molecule has 2 aromatic rings. The average Bonchev–Trinajstić information content (AvgIpc) is 2.56. The zero-order chi connectivity index (χ0) is 17.5. The second-order valence-electron chi connectivity index (χ2n) is 5.74. The topological polar surface area (TPSA) is 58.6 Å². The third-order valence-corrected chi connectivity index (χ3v) is 3.59. The highest BCUT2D eigenvalue weighted by atomic mass is 16.5.